The highest BCUT2D eigenvalue weighted by Gasteiger charge is 2.36. The number of carbonyl (C=O) groups is 1. The summed E-state index contributed by atoms with van der Waals surface area (Å²) in [7, 11) is 0. The molecule has 0 atom stereocenters. The first kappa shape index (κ1) is 14.0. The molecule has 0 spiro atoms. The molecule has 0 aromatic heterocycles. The van der Waals surface area contributed by atoms with Crippen molar-refractivity contribution in [3.63, 3.8) is 0 Å². The van der Waals surface area contributed by atoms with E-state index in [1.54, 1.807) is 17.0 Å². The quantitative estimate of drug-likeness (QED) is 0.881. The zero-order valence-corrected chi connectivity index (χ0v) is 12.7. The Kier molecular flexibility index (Phi) is 4.05. The SMILES string of the molecule is O=C(c1c(F)cccc1Br)N1CC(N2CCNCC2)C1. The molecule has 108 valence electrons. The first-order valence-electron chi connectivity index (χ1n) is 6.85. The highest BCUT2D eigenvalue weighted by atomic mass is 79.9. The minimum atomic E-state index is -0.463. The van der Waals surface area contributed by atoms with Gasteiger partial charge in [-0.25, -0.2) is 4.39 Å². The summed E-state index contributed by atoms with van der Waals surface area (Å²) < 4.78 is 14.3. The average Bonchev–Trinajstić information content (AvgIpc) is 2.38. The van der Waals surface area contributed by atoms with Crippen molar-refractivity contribution >= 4 is 21.8 Å². The van der Waals surface area contributed by atoms with Crippen LogP contribution in [-0.2, 0) is 0 Å². The molecular weight excluding hydrogens is 325 g/mol. The molecule has 0 saturated carbocycles. The smallest absolute Gasteiger partial charge is 0.258 e. The number of nitrogens with one attached hydrogen (secondary N) is 1. The number of piperazine rings is 1. The molecule has 0 bridgehead atoms. The van der Waals surface area contributed by atoms with Gasteiger partial charge in [-0.05, 0) is 28.1 Å². The second-order valence-electron chi connectivity index (χ2n) is 5.25. The van der Waals surface area contributed by atoms with E-state index >= 15 is 0 Å². The fourth-order valence-corrected chi connectivity index (χ4v) is 3.27. The average molecular weight is 342 g/mol. The molecule has 1 aromatic carbocycles. The van der Waals surface area contributed by atoms with E-state index in [4.69, 9.17) is 0 Å². The molecule has 6 heteroatoms. The lowest BCUT2D eigenvalue weighted by molar-refractivity contribution is 0.0223. The van der Waals surface area contributed by atoms with Gasteiger partial charge in [0.05, 0.1) is 5.56 Å². The number of rotatable bonds is 2. The number of hydrogen-bond acceptors (Lipinski definition) is 3. The lowest BCUT2D eigenvalue weighted by atomic mass is 10.0. The molecule has 0 aliphatic carbocycles. The Labute approximate surface area is 126 Å². The van der Waals surface area contributed by atoms with Crippen molar-refractivity contribution in [3.8, 4) is 0 Å². The topological polar surface area (TPSA) is 35.6 Å². The predicted molar refractivity (Wildman–Crippen MR) is 78.2 cm³/mol. The van der Waals surface area contributed by atoms with Gasteiger partial charge in [-0.1, -0.05) is 6.07 Å². The third kappa shape index (κ3) is 2.60. The monoisotopic (exact) mass is 341 g/mol. The number of amides is 1. The molecule has 4 nitrogen and oxygen atoms in total. The largest absolute Gasteiger partial charge is 0.335 e. The summed E-state index contributed by atoms with van der Waals surface area (Å²) in [6.07, 6.45) is 0. The standard InChI is InChI=1S/C14H17BrFN3O/c15-11-2-1-3-12(16)13(11)14(20)19-8-10(9-19)18-6-4-17-5-7-18/h1-3,10,17H,4-9H2. The zero-order valence-electron chi connectivity index (χ0n) is 11.1. The van der Waals surface area contributed by atoms with Gasteiger partial charge < -0.3 is 10.2 Å². The van der Waals surface area contributed by atoms with Gasteiger partial charge in [0, 0.05) is 49.8 Å². The second kappa shape index (κ2) is 5.79. The molecule has 20 heavy (non-hydrogen) atoms. The number of benzene rings is 1. The fraction of sp³-hybridized carbons (Fsp3) is 0.500. The fourth-order valence-electron chi connectivity index (χ4n) is 2.76. The van der Waals surface area contributed by atoms with Crippen LogP contribution in [0.15, 0.2) is 22.7 Å². The van der Waals surface area contributed by atoms with Crippen LogP contribution >= 0.6 is 15.9 Å². The Morgan fingerprint density at radius 3 is 2.65 bits per heavy atom. The first-order chi connectivity index (χ1) is 9.66. The summed E-state index contributed by atoms with van der Waals surface area (Å²) in [4.78, 5) is 16.4. The Bertz CT molecular complexity index is 493. The van der Waals surface area contributed by atoms with Gasteiger partial charge >= 0.3 is 0 Å². The number of likely N-dealkylation sites (tertiary alicyclic amines) is 1. The van der Waals surface area contributed by atoms with Crippen molar-refractivity contribution in [1.82, 2.24) is 15.1 Å². The van der Waals surface area contributed by atoms with E-state index in [2.05, 4.69) is 26.1 Å². The Morgan fingerprint density at radius 2 is 2.00 bits per heavy atom. The Morgan fingerprint density at radius 1 is 1.30 bits per heavy atom. The van der Waals surface area contributed by atoms with Crippen LogP contribution in [0.2, 0.25) is 0 Å². The molecule has 2 aliphatic heterocycles. The molecular formula is C14H17BrFN3O. The first-order valence-corrected chi connectivity index (χ1v) is 7.64. The maximum atomic E-state index is 13.8. The van der Waals surface area contributed by atoms with E-state index in [1.165, 1.54) is 6.07 Å². The van der Waals surface area contributed by atoms with Crippen LogP contribution in [0.4, 0.5) is 4.39 Å². The van der Waals surface area contributed by atoms with E-state index in [-0.39, 0.29) is 11.5 Å². The Balaban J connectivity index is 1.63. The van der Waals surface area contributed by atoms with Crippen LogP contribution in [-0.4, -0.2) is 61.0 Å². The normalized spacial score (nSPS) is 20.8. The second-order valence-corrected chi connectivity index (χ2v) is 6.10. The number of halogens is 2. The molecule has 3 rings (SSSR count). The van der Waals surface area contributed by atoms with E-state index in [0.29, 0.717) is 23.6 Å². The summed E-state index contributed by atoms with van der Waals surface area (Å²) in [6, 6.07) is 5.04. The highest BCUT2D eigenvalue weighted by molar-refractivity contribution is 9.10. The minimum Gasteiger partial charge on any atom is -0.335 e. The third-order valence-electron chi connectivity index (χ3n) is 3.99. The summed E-state index contributed by atoms with van der Waals surface area (Å²) in [5.41, 5.74) is 0.145. The van der Waals surface area contributed by atoms with Crippen LogP contribution in [0.5, 0.6) is 0 Å². The van der Waals surface area contributed by atoms with Gasteiger partial charge in [0.1, 0.15) is 5.82 Å². The van der Waals surface area contributed by atoms with Gasteiger partial charge in [0.2, 0.25) is 0 Å². The van der Waals surface area contributed by atoms with Crippen LogP contribution in [0, 0.1) is 5.82 Å². The maximum Gasteiger partial charge on any atom is 0.258 e. The van der Waals surface area contributed by atoms with Gasteiger partial charge in [-0.15, -0.1) is 0 Å². The van der Waals surface area contributed by atoms with Crippen LogP contribution in [0.1, 0.15) is 10.4 Å². The van der Waals surface area contributed by atoms with Crippen molar-refractivity contribution < 1.29 is 9.18 Å². The molecule has 0 radical (unpaired) electrons. The third-order valence-corrected chi connectivity index (χ3v) is 4.65. The molecule has 2 aliphatic rings. The molecule has 1 aromatic rings. The van der Waals surface area contributed by atoms with Crippen molar-refractivity contribution in [2.75, 3.05) is 39.3 Å². The molecule has 2 saturated heterocycles. The number of nitrogens with zero attached hydrogens (tertiary/aromatic N) is 2. The van der Waals surface area contributed by atoms with Crippen LogP contribution < -0.4 is 5.32 Å². The van der Waals surface area contributed by atoms with Gasteiger partial charge in [-0.3, -0.25) is 9.69 Å². The van der Waals surface area contributed by atoms with Gasteiger partial charge in [-0.2, -0.15) is 0 Å². The summed E-state index contributed by atoms with van der Waals surface area (Å²) in [5.74, 6) is -0.684. The molecule has 2 fully saturated rings. The molecule has 1 N–H and O–H groups in total. The van der Waals surface area contributed by atoms with Crippen molar-refractivity contribution in [1.29, 1.82) is 0 Å². The van der Waals surface area contributed by atoms with E-state index in [9.17, 15) is 9.18 Å². The maximum absolute atomic E-state index is 13.8. The number of carbonyl (C=O) groups excluding carboxylic acids is 1. The van der Waals surface area contributed by atoms with Gasteiger partial charge in [0.15, 0.2) is 0 Å². The molecule has 2 heterocycles. The predicted octanol–water partition coefficient (Wildman–Crippen LogP) is 1.32. The van der Waals surface area contributed by atoms with Crippen LogP contribution in [0.25, 0.3) is 0 Å². The van der Waals surface area contributed by atoms with E-state index in [1.807, 2.05) is 0 Å². The summed E-state index contributed by atoms with van der Waals surface area (Å²) >= 11 is 3.25. The van der Waals surface area contributed by atoms with Crippen molar-refractivity contribution in [2.45, 2.75) is 6.04 Å². The van der Waals surface area contributed by atoms with E-state index in [0.717, 1.165) is 26.2 Å². The molecule has 1 amide bonds. The molecule has 0 unspecified atom stereocenters. The van der Waals surface area contributed by atoms with Gasteiger partial charge in [0.25, 0.3) is 5.91 Å². The highest BCUT2D eigenvalue weighted by Crippen LogP contribution is 2.25. The lowest BCUT2D eigenvalue weighted by Gasteiger charge is -2.46. The summed E-state index contributed by atoms with van der Waals surface area (Å²) in [6.45, 7) is 5.44. The lowest BCUT2D eigenvalue weighted by Crippen LogP contribution is -2.64. The number of hydrogen-bond donors (Lipinski definition) is 1. The minimum absolute atomic E-state index is 0.145. The summed E-state index contributed by atoms with van der Waals surface area (Å²) in [5, 5.41) is 3.31. The van der Waals surface area contributed by atoms with Crippen LogP contribution in [0.3, 0.4) is 0 Å². The van der Waals surface area contributed by atoms with Crippen molar-refractivity contribution in [3.05, 3.63) is 34.1 Å². The zero-order chi connectivity index (χ0) is 14.1. The van der Waals surface area contributed by atoms with E-state index < -0.39 is 5.82 Å². The Hall–Kier alpha value is -0.980. The van der Waals surface area contributed by atoms with Crippen molar-refractivity contribution in [2.24, 2.45) is 0 Å².